The topological polar surface area (TPSA) is 108 Å². The van der Waals surface area contributed by atoms with E-state index in [4.69, 9.17) is 9.84 Å². The molecule has 5 atom stereocenters. The Morgan fingerprint density at radius 1 is 1.37 bits per heavy atom. The molecular formula is C12H16N2O5. The van der Waals surface area contributed by atoms with Crippen molar-refractivity contribution in [1.82, 2.24) is 10.6 Å². The van der Waals surface area contributed by atoms with Crippen LogP contribution in [0.2, 0.25) is 0 Å². The largest absolute Gasteiger partial charge is 0.481 e. The van der Waals surface area contributed by atoms with E-state index in [-0.39, 0.29) is 24.5 Å². The lowest BCUT2D eigenvalue weighted by atomic mass is 9.79. The lowest BCUT2D eigenvalue weighted by Crippen LogP contribution is -2.52. The van der Waals surface area contributed by atoms with Gasteiger partial charge in [0.2, 0.25) is 0 Å². The van der Waals surface area contributed by atoms with Crippen molar-refractivity contribution >= 4 is 11.9 Å². The first-order valence-corrected chi connectivity index (χ1v) is 6.30. The summed E-state index contributed by atoms with van der Waals surface area (Å²) in [4.78, 5) is 22.5. The number of aliphatic carboxylic acids is 2. The van der Waals surface area contributed by atoms with Crippen molar-refractivity contribution in [3.05, 3.63) is 12.2 Å². The van der Waals surface area contributed by atoms with Gasteiger partial charge in [0.05, 0.1) is 12.5 Å². The average Bonchev–Trinajstić information content (AvgIpc) is 2.80. The summed E-state index contributed by atoms with van der Waals surface area (Å²) in [5.74, 6) is -2.26. The predicted octanol–water partition coefficient (Wildman–Crippen LogP) is -1.20. The van der Waals surface area contributed by atoms with Crippen LogP contribution < -0.4 is 10.6 Å². The fraction of sp³-hybridized carbons (Fsp3) is 0.667. The van der Waals surface area contributed by atoms with Gasteiger partial charge in [0.25, 0.3) is 0 Å². The van der Waals surface area contributed by atoms with Crippen molar-refractivity contribution in [1.29, 1.82) is 0 Å². The molecule has 2 saturated heterocycles. The molecule has 0 spiro atoms. The van der Waals surface area contributed by atoms with E-state index in [0.717, 1.165) is 0 Å². The second kappa shape index (κ2) is 4.29. The van der Waals surface area contributed by atoms with E-state index in [1.54, 1.807) is 0 Å². The highest BCUT2D eigenvalue weighted by atomic mass is 16.5. The first-order chi connectivity index (χ1) is 9.04. The SMILES string of the molecule is O=C(O)C[C@]12O[C@@H]3C=CCN[C@@H]3[C@H]1CN[C@@H]2C(=O)O. The van der Waals surface area contributed by atoms with Crippen LogP contribution in [0.25, 0.3) is 0 Å². The normalized spacial score (nSPS) is 43.8. The number of ether oxygens (including phenoxy) is 1. The van der Waals surface area contributed by atoms with E-state index >= 15 is 0 Å². The molecule has 0 saturated carbocycles. The van der Waals surface area contributed by atoms with Crippen LogP contribution in [0.1, 0.15) is 6.42 Å². The second-order valence-electron chi connectivity index (χ2n) is 5.26. The van der Waals surface area contributed by atoms with E-state index in [9.17, 15) is 14.7 Å². The Labute approximate surface area is 109 Å². The number of carboxylic acid groups (broad SMARTS) is 2. The molecular weight excluding hydrogens is 252 g/mol. The molecule has 7 nitrogen and oxygen atoms in total. The predicted molar refractivity (Wildman–Crippen MR) is 63.7 cm³/mol. The summed E-state index contributed by atoms with van der Waals surface area (Å²) in [5, 5.41) is 24.6. The van der Waals surface area contributed by atoms with Crippen molar-refractivity contribution in [3.63, 3.8) is 0 Å². The van der Waals surface area contributed by atoms with Crippen molar-refractivity contribution in [2.75, 3.05) is 13.1 Å². The second-order valence-corrected chi connectivity index (χ2v) is 5.26. The molecule has 2 fully saturated rings. The number of nitrogens with one attached hydrogen (secondary N) is 2. The van der Waals surface area contributed by atoms with Crippen LogP contribution in [-0.2, 0) is 14.3 Å². The van der Waals surface area contributed by atoms with Gasteiger partial charge in [0.1, 0.15) is 11.6 Å². The molecule has 0 aliphatic carbocycles. The first kappa shape index (κ1) is 12.6. The zero-order valence-corrected chi connectivity index (χ0v) is 10.2. The van der Waals surface area contributed by atoms with E-state index in [1.165, 1.54) is 0 Å². The fourth-order valence-corrected chi connectivity index (χ4v) is 3.58. The summed E-state index contributed by atoms with van der Waals surface area (Å²) in [6, 6.07) is -1.00. The highest BCUT2D eigenvalue weighted by Gasteiger charge is 2.64. The highest BCUT2D eigenvalue weighted by molar-refractivity contribution is 5.79. The van der Waals surface area contributed by atoms with Gasteiger partial charge < -0.3 is 25.6 Å². The standard InChI is InChI=1S/C12H16N2O5/c15-8(16)4-12-6(5-14-10(12)11(17)18)9-7(19-12)2-1-3-13-9/h1-2,6-7,9-10,13-14H,3-5H2,(H,15,16)(H,17,18)/t6-,7-,9-,10-,12+/m1/s1. The Morgan fingerprint density at radius 2 is 2.16 bits per heavy atom. The Balaban J connectivity index is 1.97. The Hall–Kier alpha value is -1.44. The number of carbonyl (C=O) groups is 2. The van der Waals surface area contributed by atoms with Gasteiger partial charge in [0, 0.05) is 25.0 Å². The third kappa shape index (κ3) is 1.77. The molecule has 3 rings (SSSR count). The Kier molecular flexibility index (Phi) is 2.84. The van der Waals surface area contributed by atoms with Gasteiger partial charge in [-0.05, 0) is 0 Å². The van der Waals surface area contributed by atoms with Crippen LogP contribution >= 0.6 is 0 Å². The van der Waals surface area contributed by atoms with Crippen LogP contribution in [0, 0.1) is 5.92 Å². The fourth-order valence-electron chi connectivity index (χ4n) is 3.58. The van der Waals surface area contributed by atoms with Gasteiger partial charge in [-0.2, -0.15) is 0 Å². The Morgan fingerprint density at radius 3 is 2.84 bits per heavy atom. The molecule has 7 heteroatoms. The van der Waals surface area contributed by atoms with Gasteiger partial charge in [-0.15, -0.1) is 0 Å². The molecule has 0 aromatic rings. The summed E-state index contributed by atoms with van der Waals surface area (Å²) in [7, 11) is 0. The van der Waals surface area contributed by atoms with Gasteiger partial charge in [-0.3, -0.25) is 9.59 Å². The van der Waals surface area contributed by atoms with Crippen molar-refractivity contribution in [2.24, 2.45) is 5.92 Å². The molecule has 0 amide bonds. The van der Waals surface area contributed by atoms with Gasteiger partial charge in [-0.1, -0.05) is 12.2 Å². The number of hydrogen-bond acceptors (Lipinski definition) is 5. The lowest BCUT2D eigenvalue weighted by Gasteiger charge is -2.30. The Bertz CT molecular complexity index is 451. The number of fused-ring (bicyclic) bond motifs is 3. The van der Waals surface area contributed by atoms with Gasteiger partial charge in [0.15, 0.2) is 0 Å². The zero-order chi connectivity index (χ0) is 13.6. The maximum Gasteiger partial charge on any atom is 0.323 e. The van der Waals surface area contributed by atoms with Crippen LogP contribution in [0.3, 0.4) is 0 Å². The minimum Gasteiger partial charge on any atom is -0.481 e. The minimum atomic E-state index is -1.17. The monoisotopic (exact) mass is 268 g/mol. The van der Waals surface area contributed by atoms with Crippen LogP contribution in [0.5, 0.6) is 0 Å². The first-order valence-electron chi connectivity index (χ1n) is 6.30. The molecule has 3 heterocycles. The summed E-state index contributed by atoms with van der Waals surface area (Å²) >= 11 is 0. The molecule has 0 unspecified atom stereocenters. The third-order valence-electron chi connectivity index (χ3n) is 4.27. The summed E-state index contributed by atoms with van der Waals surface area (Å²) in [5.41, 5.74) is -1.17. The molecule has 0 aromatic carbocycles. The number of hydrogen-bond donors (Lipinski definition) is 4. The van der Waals surface area contributed by atoms with E-state index in [1.807, 2.05) is 12.2 Å². The van der Waals surface area contributed by atoms with E-state index in [0.29, 0.717) is 13.1 Å². The molecule has 0 aromatic heterocycles. The molecule has 19 heavy (non-hydrogen) atoms. The third-order valence-corrected chi connectivity index (χ3v) is 4.27. The van der Waals surface area contributed by atoms with Crippen molar-refractivity contribution in [3.8, 4) is 0 Å². The maximum absolute atomic E-state index is 11.4. The van der Waals surface area contributed by atoms with E-state index in [2.05, 4.69) is 10.6 Å². The van der Waals surface area contributed by atoms with Gasteiger partial charge >= 0.3 is 11.9 Å². The zero-order valence-electron chi connectivity index (χ0n) is 10.2. The maximum atomic E-state index is 11.4. The van der Waals surface area contributed by atoms with Crippen molar-refractivity contribution in [2.45, 2.75) is 30.2 Å². The minimum absolute atomic E-state index is 0.0267. The summed E-state index contributed by atoms with van der Waals surface area (Å²) in [6.07, 6.45) is 3.26. The molecule has 3 aliphatic heterocycles. The molecule has 0 radical (unpaired) electrons. The van der Waals surface area contributed by atoms with Crippen LogP contribution in [0.15, 0.2) is 12.2 Å². The molecule has 3 aliphatic rings. The quantitative estimate of drug-likeness (QED) is 0.476. The van der Waals surface area contributed by atoms with Gasteiger partial charge in [-0.25, -0.2) is 0 Å². The molecule has 0 bridgehead atoms. The van der Waals surface area contributed by atoms with E-state index < -0.39 is 23.6 Å². The summed E-state index contributed by atoms with van der Waals surface area (Å²) < 4.78 is 5.89. The highest BCUT2D eigenvalue weighted by Crippen LogP contribution is 2.46. The molecule has 104 valence electrons. The average molecular weight is 268 g/mol. The molecule has 4 N–H and O–H groups in total. The number of carboxylic acids is 2. The number of rotatable bonds is 3. The summed E-state index contributed by atoms with van der Waals surface area (Å²) in [6.45, 7) is 1.15. The smallest absolute Gasteiger partial charge is 0.323 e. The lowest BCUT2D eigenvalue weighted by molar-refractivity contribution is -0.155. The van der Waals surface area contributed by atoms with Crippen LogP contribution in [0.4, 0.5) is 0 Å². The van der Waals surface area contributed by atoms with Crippen LogP contribution in [-0.4, -0.2) is 59.0 Å². The van der Waals surface area contributed by atoms with Crippen molar-refractivity contribution < 1.29 is 24.5 Å².